The van der Waals surface area contributed by atoms with Crippen molar-refractivity contribution in [1.29, 1.82) is 0 Å². The molecule has 2 rings (SSSR count). The minimum absolute atomic E-state index is 0.0502. The minimum atomic E-state index is -0.0502. The van der Waals surface area contributed by atoms with Gasteiger partial charge in [-0.2, -0.15) is 0 Å². The van der Waals surface area contributed by atoms with E-state index in [-0.39, 0.29) is 11.8 Å². The van der Waals surface area contributed by atoms with E-state index < -0.39 is 0 Å². The summed E-state index contributed by atoms with van der Waals surface area (Å²) < 4.78 is 0.772. The number of carbonyl (C=O) groups excluding carboxylic acids is 1. The third kappa shape index (κ3) is 3.00. The monoisotopic (exact) mass is 280 g/mol. The van der Waals surface area contributed by atoms with E-state index in [0.29, 0.717) is 6.42 Å². The third-order valence-electron chi connectivity index (χ3n) is 2.54. The van der Waals surface area contributed by atoms with Gasteiger partial charge in [0.05, 0.1) is 12.5 Å². The Labute approximate surface area is 103 Å². The molecule has 0 aromatic carbocycles. The molecule has 0 fully saturated rings. The van der Waals surface area contributed by atoms with E-state index in [0.717, 1.165) is 23.3 Å². The van der Waals surface area contributed by atoms with Crippen molar-refractivity contribution >= 4 is 21.7 Å². The molecule has 1 N–H and O–H groups in total. The average molecular weight is 281 g/mol. The number of pyridine rings is 1. The number of carbonyl (C=O) groups is 1. The van der Waals surface area contributed by atoms with Gasteiger partial charge in [-0.15, -0.1) is 0 Å². The Morgan fingerprint density at radius 3 is 3.06 bits per heavy atom. The topological polar surface area (TPSA) is 42.0 Å². The zero-order chi connectivity index (χ0) is 11.4. The molecule has 1 aromatic heterocycles. The number of aromatic nitrogens is 1. The molecule has 0 bridgehead atoms. The van der Waals surface area contributed by atoms with E-state index in [1.54, 1.807) is 0 Å². The number of hydrogen-bond acceptors (Lipinski definition) is 3. The maximum absolute atomic E-state index is 11.9. The van der Waals surface area contributed by atoms with Crippen LogP contribution >= 0.6 is 15.9 Å². The normalized spacial score (nSPS) is 19.7. The first kappa shape index (κ1) is 11.5. The zero-order valence-corrected chi connectivity index (χ0v) is 10.4. The van der Waals surface area contributed by atoms with Crippen molar-refractivity contribution in [3.8, 4) is 0 Å². The van der Waals surface area contributed by atoms with Gasteiger partial charge in [-0.05, 0) is 34.5 Å². The second-order valence-corrected chi connectivity index (χ2v) is 4.58. The Balaban J connectivity index is 1.99. The quantitative estimate of drug-likeness (QED) is 0.679. The number of Topliss-reactive ketones (excluding diaryl/α,β-unsaturated/α-hetero) is 1. The van der Waals surface area contributed by atoms with Crippen molar-refractivity contribution in [3.05, 3.63) is 40.6 Å². The summed E-state index contributed by atoms with van der Waals surface area (Å²) in [4.78, 5) is 16.2. The van der Waals surface area contributed by atoms with Crippen LogP contribution in [0.2, 0.25) is 0 Å². The molecule has 0 amide bonds. The van der Waals surface area contributed by atoms with Crippen LogP contribution in [-0.4, -0.2) is 23.4 Å². The van der Waals surface area contributed by atoms with Crippen LogP contribution < -0.4 is 5.32 Å². The van der Waals surface area contributed by atoms with Gasteiger partial charge in [-0.3, -0.25) is 4.79 Å². The molecule has 0 spiro atoms. The number of nitrogens with zero attached hydrogens (tertiary/aromatic N) is 1. The Morgan fingerprint density at radius 2 is 2.38 bits per heavy atom. The Kier molecular flexibility index (Phi) is 3.85. The van der Waals surface area contributed by atoms with Gasteiger partial charge >= 0.3 is 0 Å². The summed E-state index contributed by atoms with van der Waals surface area (Å²) in [6.07, 6.45) is 5.27. The van der Waals surface area contributed by atoms with Crippen molar-refractivity contribution in [3.63, 3.8) is 0 Å². The Hall–Kier alpha value is -1.00. The maximum atomic E-state index is 11.9. The standard InChI is InChI=1S/C12H13BrN2O/c13-12-6-3-4-9(15-12)8-11(16)10-5-1-2-7-14-10/h1-4,6,10,14H,5,7-8H2/t10-/m0/s1. The summed E-state index contributed by atoms with van der Waals surface area (Å²) in [7, 11) is 0. The molecule has 1 aliphatic heterocycles. The second-order valence-electron chi connectivity index (χ2n) is 3.76. The number of nitrogens with one attached hydrogen (secondary N) is 1. The fourth-order valence-corrected chi connectivity index (χ4v) is 2.09. The van der Waals surface area contributed by atoms with Gasteiger partial charge < -0.3 is 5.32 Å². The molecule has 0 aliphatic carbocycles. The highest BCUT2D eigenvalue weighted by molar-refractivity contribution is 9.10. The lowest BCUT2D eigenvalue weighted by molar-refractivity contribution is -0.120. The first-order valence-corrected chi connectivity index (χ1v) is 6.07. The van der Waals surface area contributed by atoms with Crippen molar-refractivity contribution in [2.24, 2.45) is 0 Å². The van der Waals surface area contributed by atoms with Crippen molar-refractivity contribution in [2.75, 3.05) is 6.54 Å². The molecule has 1 aliphatic rings. The lowest BCUT2D eigenvalue weighted by Crippen LogP contribution is -2.39. The highest BCUT2D eigenvalue weighted by Gasteiger charge is 2.18. The van der Waals surface area contributed by atoms with Crippen LogP contribution in [0.25, 0.3) is 0 Å². The molecule has 0 saturated carbocycles. The van der Waals surface area contributed by atoms with E-state index in [9.17, 15) is 4.79 Å². The lowest BCUT2D eigenvalue weighted by Gasteiger charge is -2.18. The largest absolute Gasteiger partial charge is 0.304 e. The fourth-order valence-electron chi connectivity index (χ4n) is 1.71. The van der Waals surface area contributed by atoms with Crippen molar-refractivity contribution < 1.29 is 4.79 Å². The third-order valence-corrected chi connectivity index (χ3v) is 2.98. The molecular weight excluding hydrogens is 268 g/mol. The van der Waals surface area contributed by atoms with E-state index in [1.165, 1.54) is 0 Å². The van der Waals surface area contributed by atoms with Crippen LogP contribution in [0.1, 0.15) is 12.1 Å². The van der Waals surface area contributed by atoms with Crippen LogP contribution in [0.15, 0.2) is 35.0 Å². The van der Waals surface area contributed by atoms with E-state index in [1.807, 2.05) is 30.4 Å². The zero-order valence-electron chi connectivity index (χ0n) is 8.82. The number of halogens is 1. The van der Waals surface area contributed by atoms with Crippen LogP contribution in [0, 0.1) is 0 Å². The summed E-state index contributed by atoms with van der Waals surface area (Å²) in [6.45, 7) is 0.780. The van der Waals surface area contributed by atoms with Gasteiger partial charge in [0, 0.05) is 12.2 Å². The van der Waals surface area contributed by atoms with Crippen molar-refractivity contribution in [2.45, 2.75) is 18.9 Å². The summed E-state index contributed by atoms with van der Waals surface area (Å²) in [5.41, 5.74) is 0.815. The number of ketones is 1. The van der Waals surface area contributed by atoms with E-state index in [2.05, 4.69) is 26.2 Å². The van der Waals surface area contributed by atoms with Crippen molar-refractivity contribution in [1.82, 2.24) is 10.3 Å². The molecule has 0 unspecified atom stereocenters. The number of rotatable bonds is 3. The summed E-state index contributed by atoms with van der Waals surface area (Å²) in [6, 6.07) is 5.58. The lowest BCUT2D eigenvalue weighted by atomic mass is 10.0. The van der Waals surface area contributed by atoms with Crippen LogP contribution in [0.3, 0.4) is 0 Å². The van der Waals surface area contributed by atoms with Gasteiger partial charge in [0.25, 0.3) is 0 Å². The fraction of sp³-hybridized carbons (Fsp3) is 0.333. The van der Waals surface area contributed by atoms with Gasteiger partial charge in [0.1, 0.15) is 4.60 Å². The average Bonchev–Trinajstić information content (AvgIpc) is 2.30. The molecule has 0 saturated heterocycles. The first-order valence-electron chi connectivity index (χ1n) is 5.28. The van der Waals surface area contributed by atoms with Gasteiger partial charge in [-0.1, -0.05) is 18.2 Å². The van der Waals surface area contributed by atoms with Crippen LogP contribution in [-0.2, 0) is 11.2 Å². The number of hydrogen-bond donors (Lipinski definition) is 1. The Bertz CT molecular complexity index is 417. The molecule has 16 heavy (non-hydrogen) atoms. The molecular formula is C12H13BrN2O. The molecule has 3 nitrogen and oxygen atoms in total. The van der Waals surface area contributed by atoms with E-state index >= 15 is 0 Å². The Morgan fingerprint density at radius 1 is 1.50 bits per heavy atom. The summed E-state index contributed by atoms with van der Waals surface area (Å²) >= 11 is 3.30. The molecule has 84 valence electrons. The van der Waals surface area contributed by atoms with E-state index in [4.69, 9.17) is 0 Å². The predicted molar refractivity (Wildman–Crippen MR) is 66.2 cm³/mol. The molecule has 0 radical (unpaired) electrons. The molecule has 2 heterocycles. The van der Waals surface area contributed by atoms with Gasteiger partial charge in [0.2, 0.25) is 0 Å². The minimum Gasteiger partial charge on any atom is -0.304 e. The summed E-state index contributed by atoms with van der Waals surface area (Å²) in [5, 5.41) is 3.18. The van der Waals surface area contributed by atoms with Crippen LogP contribution in [0.4, 0.5) is 0 Å². The second kappa shape index (κ2) is 5.37. The predicted octanol–water partition coefficient (Wildman–Crippen LogP) is 1.87. The highest BCUT2D eigenvalue weighted by Crippen LogP contribution is 2.09. The van der Waals surface area contributed by atoms with Crippen LogP contribution in [0.5, 0.6) is 0 Å². The van der Waals surface area contributed by atoms with Gasteiger partial charge in [0.15, 0.2) is 5.78 Å². The highest BCUT2D eigenvalue weighted by atomic mass is 79.9. The summed E-state index contributed by atoms with van der Waals surface area (Å²) in [5.74, 6) is 0.204. The molecule has 4 heteroatoms. The van der Waals surface area contributed by atoms with Gasteiger partial charge in [-0.25, -0.2) is 4.98 Å². The smallest absolute Gasteiger partial charge is 0.155 e. The molecule has 1 aromatic rings. The first-order chi connectivity index (χ1) is 7.75. The molecule has 1 atom stereocenters. The maximum Gasteiger partial charge on any atom is 0.155 e. The SMILES string of the molecule is O=C(Cc1cccc(Br)n1)[C@@H]1CC=CCN1.